The third-order valence-corrected chi connectivity index (χ3v) is 7.77. The van der Waals surface area contributed by atoms with Crippen LogP contribution >= 0.6 is 11.6 Å². The molecule has 6 nitrogen and oxygen atoms in total. The molecule has 42 heavy (non-hydrogen) atoms. The van der Waals surface area contributed by atoms with Crippen molar-refractivity contribution in [1.29, 1.82) is 0 Å². The van der Waals surface area contributed by atoms with Gasteiger partial charge in [0.05, 0.1) is 16.8 Å². The molecule has 1 fully saturated rings. The maximum absolute atomic E-state index is 14.2. The number of Topliss-reactive ketones (excluding diaryl/α,β-unsaturated/α-hetero) is 1. The van der Waals surface area contributed by atoms with Gasteiger partial charge in [-0.25, -0.2) is 9.97 Å². The van der Waals surface area contributed by atoms with E-state index in [4.69, 9.17) is 11.6 Å². The number of nitrogens with zero attached hydrogens (tertiary/aromatic N) is 5. The lowest BCUT2D eigenvalue weighted by Crippen LogP contribution is -2.47. The van der Waals surface area contributed by atoms with Gasteiger partial charge >= 0.3 is 12.4 Å². The third kappa shape index (κ3) is 6.04. The molecule has 1 saturated heterocycles. The molecule has 4 heterocycles. The van der Waals surface area contributed by atoms with Crippen LogP contribution in [0.5, 0.6) is 0 Å². The Morgan fingerprint density at radius 1 is 0.929 bits per heavy atom. The van der Waals surface area contributed by atoms with Gasteiger partial charge in [0.25, 0.3) is 0 Å². The van der Waals surface area contributed by atoms with Crippen LogP contribution < -0.4 is 9.80 Å². The number of pyridine rings is 2. The van der Waals surface area contributed by atoms with E-state index in [1.54, 1.807) is 46.4 Å². The summed E-state index contributed by atoms with van der Waals surface area (Å²) < 4.78 is 82.6. The van der Waals surface area contributed by atoms with Gasteiger partial charge in [-0.3, -0.25) is 9.20 Å². The highest BCUT2D eigenvalue weighted by Crippen LogP contribution is 2.38. The maximum atomic E-state index is 14.2. The molecule has 13 heteroatoms. The number of benzene rings is 1. The number of anilines is 2. The van der Waals surface area contributed by atoms with Crippen molar-refractivity contribution in [2.24, 2.45) is 0 Å². The van der Waals surface area contributed by atoms with E-state index in [-0.39, 0.29) is 50.5 Å². The molecule has 3 aromatic heterocycles. The minimum absolute atomic E-state index is 0.00818. The lowest BCUT2D eigenvalue weighted by molar-refractivity contribution is -0.138. The van der Waals surface area contributed by atoms with Gasteiger partial charge in [0.2, 0.25) is 0 Å². The van der Waals surface area contributed by atoms with Crippen LogP contribution in [0.15, 0.2) is 48.8 Å². The second-order valence-corrected chi connectivity index (χ2v) is 10.6. The Kier molecular flexibility index (Phi) is 7.86. The number of aromatic nitrogens is 3. The number of fused-ring (bicyclic) bond motifs is 1. The minimum Gasteiger partial charge on any atom is -0.367 e. The van der Waals surface area contributed by atoms with Gasteiger partial charge in [-0.15, -0.1) is 0 Å². The Balaban J connectivity index is 1.29. The van der Waals surface area contributed by atoms with Crippen LogP contribution in [-0.4, -0.2) is 46.3 Å². The fraction of sp³-hybridized carbons (Fsp3) is 0.345. The van der Waals surface area contributed by atoms with Crippen LogP contribution in [0.4, 0.5) is 37.8 Å². The number of carbonyl (C=O) groups is 1. The molecule has 0 radical (unpaired) electrons. The number of ketones is 1. The lowest BCUT2D eigenvalue weighted by Gasteiger charge is -2.37. The Labute approximate surface area is 242 Å². The molecule has 0 unspecified atom stereocenters. The zero-order valence-corrected chi connectivity index (χ0v) is 23.4. The quantitative estimate of drug-likeness (QED) is 0.171. The third-order valence-electron chi connectivity index (χ3n) is 7.36. The zero-order chi connectivity index (χ0) is 30.4. The highest BCUT2D eigenvalue weighted by Gasteiger charge is 2.36. The number of hydrogen-bond donors (Lipinski definition) is 0. The summed E-state index contributed by atoms with van der Waals surface area (Å²) >= 11 is 6.17. The fourth-order valence-corrected chi connectivity index (χ4v) is 5.30. The highest BCUT2D eigenvalue weighted by molar-refractivity contribution is 6.31. The normalized spacial score (nSPS) is 14.6. The molecule has 0 bridgehead atoms. The summed E-state index contributed by atoms with van der Waals surface area (Å²) in [7, 11) is 0. The number of carbonyl (C=O) groups excluding carboxylic acids is 1. The molecule has 1 aliphatic heterocycles. The Morgan fingerprint density at radius 2 is 1.62 bits per heavy atom. The lowest BCUT2D eigenvalue weighted by atomic mass is 10.0. The topological polar surface area (TPSA) is 53.7 Å². The monoisotopic (exact) mass is 609 g/mol. The van der Waals surface area contributed by atoms with Crippen molar-refractivity contribution in [2.75, 3.05) is 36.0 Å². The van der Waals surface area contributed by atoms with Crippen LogP contribution in [0.25, 0.3) is 5.65 Å². The number of alkyl halides is 6. The summed E-state index contributed by atoms with van der Waals surface area (Å²) in [5.41, 5.74) is 0.888. The maximum Gasteiger partial charge on any atom is 0.418 e. The van der Waals surface area contributed by atoms with Gasteiger partial charge in [-0.1, -0.05) is 17.7 Å². The summed E-state index contributed by atoms with van der Waals surface area (Å²) in [5, 5.41) is 0.518. The molecule has 5 rings (SSSR count). The van der Waals surface area contributed by atoms with Crippen molar-refractivity contribution < 1.29 is 31.1 Å². The average molecular weight is 610 g/mol. The SMILES string of the molecule is Cc1cn2c(C(=O)CCc3ccc(N4CCN(c5ccc(C(F)(F)F)cn5)CC4)c(C(F)(F)F)c3)c(C)nc2cc1Cl. The number of piperazine rings is 1. The van der Waals surface area contributed by atoms with Crippen LogP contribution in [0.2, 0.25) is 5.02 Å². The summed E-state index contributed by atoms with van der Waals surface area (Å²) in [6, 6.07) is 7.95. The number of hydrogen-bond acceptors (Lipinski definition) is 5. The molecular formula is C29H26ClF6N5O. The van der Waals surface area contributed by atoms with Crippen molar-refractivity contribution in [3.05, 3.63) is 87.5 Å². The first-order valence-electron chi connectivity index (χ1n) is 13.1. The molecule has 0 saturated carbocycles. The van der Waals surface area contributed by atoms with E-state index in [1.807, 2.05) is 0 Å². The van der Waals surface area contributed by atoms with Crippen molar-refractivity contribution >= 4 is 34.5 Å². The van der Waals surface area contributed by atoms with Gasteiger partial charge in [-0.2, -0.15) is 26.3 Å². The molecule has 0 amide bonds. The van der Waals surface area contributed by atoms with Crippen molar-refractivity contribution in [3.63, 3.8) is 0 Å². The molecule has 1 aliphatic rings. The van der Waals surface area contributed by atoms with Crippen LogP contribution in [-0.2, 0) is 18.8 Å². The van der Waals surface area contributed by atoms with Gasteiger partial charge in [0.1, 0.15) is 17.2 Å². The van der Waals surface area contributed by atoms with Crippen molar-refractivity contribution in [2.45, 2.75) is 39.0 Å². The summed E-state index contributed by atoms with van der Waals surface area (Å²) in [5.74, 6) is 0.0884. The molecule has 0 spiro atoms. The highest BCUT2D eigenvalue weighted by atomic mass is 35.5. The number of rotatable bonds is 6. The Bertz CT molecular complexity index is 1620. The number of halogens is 7. The first-order chi connectivity index (χ1) is 19.7. The fourth-order valence-electron chi connectivity index (χ4n) is 5.15. The molecular weight excluding hydrogens is 584 g/mol. The van der Waals surface area contributed by atoms with E-state index >= 15 is 0 Å². The standard InChI is InChI=1S/C29H26ClF6N5O/c1-17-16-41-26(14-22(17)30)38-18(2)27(41)24(42)7-4-19-3-6-23(21(13-19)29(34,35)36)39-9-11-40(12-10-39)25-8-5-20(15-37-25)28(31,32)33/h3,5-6,8,13-16H,4,7,9-12H2,1-2H3. The molecule has 1 aromatic carbocycles. The minimum atomic E-state index is -4.63. The summed E-state index contributed by atoms with van der Waals surface area (Å²) in [6.45, 7) is 4.52. The van der Waals surface area contributed by atoms with E-state index in [0.29, 0.717) is 33.4 Å². The van der Waals surface area contributed by atoms with Gasteiger partial charge < -0.3 is 9.80 Å². The van der Waals surface area contributed by atoms with Gasteiger partial charge in [-0.05, 0) is 55.7 Å². The molecule has 0 aliphatic carbocycles. The Hall–Kier alpha value is -3.80. The first-order valence-corrected chi connectivity index (χ1v) is 13.5. The van der Waals surface area contributed by atoms with E-state index in [0.717, 1.165) is 23.9 Å². The molecule has 222 valence electrons. The van der Waals surface area contributed by atoms with Crippen LogP contribution in [0.3, 0.4) is 0 Å². The van der Waals surface area contributed by atoms with Crippen molar-refractivity contribution in [1.82, 2.24) is 14.4 Å². The largest absolute Gasteiger partial charge is 0.418 e. The molecule has 0 atom stereocenters. The van der Waals surface area contributed by atoms with E-state index in [9.17, 15) is 31.1 Å². The van der Waals surface area contributed by atoms with Crippen LogP contribution in [0, 0.1) is 13.8 Å². The van der Waals surface area contributed by atoms with E-state index in [2.05, 4.69) is 9.97 Å². The second kappa shape index (κ2) is 11.1. The predicted molar refractivity (Wildman–Crippen MR) is 147 cm³/mol. The second-order valence-electron chi connectivity index (χ2n) is 10.2. The van der Waals surface area contributed by atoms with Crippen LogP contribution in [0.1, 0.15) is 44.9 Å². The number of imidazole rings is 1. The van der Waals surface area contributed by atoms with E-state index in [1.165, 1.54) is 12.1 Å². The summed E-state index contributed by atoms with van der Waals surface area (Å²) in [4.78, 5) is 24.8. The first kappa shape index (κ1) is 29.7. The molecule has 4 aromatic rings. The number of aryl methyl sites for hydroxylation is 3. The zero-order valence-electron chi connectivity index (χ0n) is 22.7. The molecule has 0 N–H and O–H groups in total. The van der Waals surface area contributed by atoms with Crippen molar-refractivity contribution in [3.8, 4) is 0 Å². The average Bonchev–Trinajstić information content (AvgIpc) is 3.25. The van der Waals surface area contributed by atoms with E-state index < -0.39 is 23.5 Å². The Morgan fingerprint density at radius 3 is 2.24 bits per heavy atom. The van der Waals surface area contributed by atoms with Gasteiger partial charge in [0, 0.05) is 61.8 Å². The smallest absolute Gasteiger partial charge is 0.367 e. The van der Waals surface area contributed by atoms with Gasteiger partial charge in [0.15, 0.2) is 5.78 Å². The summed E-state index contributed by atoms with van der Waals surface area (Å²) in [6.07, 6.45) is -6.56. The predicted octanol–water partition coefficient (Wildman–Crippen LogP) is 7.18.